The molecule has 1 aliphatic carbocycles. The monoisotopic (exact) mass is 344 g/mol. The Labute approximate surface area is 146 Å². The Bertz CT molecular complexity index is 749. The van der Waals surface area contributed by atoms with E-state index in [-0.39, 0.29) is 18.1 Å². The lowest BCUT2D eigenvalue weighted by Crippen LogP contribution is -2.42. The molecule has 2 aliphatic rings. The van der Waals surface area contributed by atoms with Crippen molar-refractivity contribution >= 4 is 5.91 Å². The number of aryl methyl sites for hydroxylation is 2. The molecule has 1 saturated heterocycles. The van der Waals surface area contributed by atoms with E-state index in [0.717, 1.165) is 25.0 Å². The van der Waals surface area contributed by atoms with Crippen LogP contribution in [0.5, 0.6) is 0 Å². The van der Waals surface area contributed by atoms with E-state index < -0.39 is 0 Å². The summed E-state index contributed by atoms with van der Waals surface area (Å²) >= 11 is 0. The standard InChI is InChI=1S/C18H24N4O3/c1-12-15(9-20-25-12)18(23)22-6-5-17(24-11-13-3-4-13)16(22)7-14-8-19-21(2)10-14/h8-10,13,16-17H,3-7,11H2,1-2H3/t16-,17+/m0/s1. The Morgan fingerprint density at radius 2 is 2.20 bits per heavy atom. The van der Waals surface area contributed by atoms with Crippen LogP contribution in [0.15, 0.2) is 23.1 Å². The minimum Gasteiger partial charge on any atom is -0.376 e. The number of hydrogen-bond donors (Lipinski definition) is 0. The number of likely N-dealkylation sites (tertiary alicyclic amines) is 1. The molecular formula is C18H24N4O3. The molecular weight excluding hydrogens is 320 g/mol. The van der Waals surface area contributed by atoms with Crippen LogP contribution in [0.1, 0.15) is 40.9 Å². The van der Waals surface area contributed by atoms with E-state index >= 15 is 0 Å². The molecule has 25 heavy (non-hydrogen) atoms. The maximum atomic E-state index is 13.0. The number of hydrogen-bond acceptors (Lipinski definition) is 5. The third kappa shape index (κ3) is 3.46. The number of carbonyl (C=O) groups excluding carboxylic acids is 1. The molecule has 0 N–H and O–H groups in total. The lowest BCUT2D eigenvalue weighted by Gasteiger charge is -2.28. The fourth-order valence-corrected chi connectivity index (χ4v) is 3.54. The topological polar surface area (TPSA) is 73.4 Å². The van der Waals surface area contributed by atoms with E-state index in [1.165, 1.54) is 19.0 Å². The molecule has 7 nitrogen and oxygen atoms in total. The van der Waals surface area contributed by atoms with Gasteiger partial charge in [-0.25, -0.2) is 0 Å². The van der Waals surface area contributed by atoms with E-state index in [1.54, 1.807) is 11.6 Å². The van der Waals surface area contributed by atoms with Gasteiger partial charge in [0.1, 0.15) is 11.3 Å². The van der Waals surface area contributed by atoms with Crippen molar-refractivity contribution < 1.29 is 14.1 Å². The Kier molecular flexibility index (Phi) is 4.33. The van der Waals surface area contributed by atoms with E-state index in [9.17, 15) is 4.79 Å². The molecule has 0 aromatic carbocycles. The summed E-state index contributed by atoms with van der Waals surface area (Å²) in [6.45, 7) is 3.28. The summed E-state index contributed by atoms with van der Waals surface area (Å²) in [5.74, 6) is 1.25. The van der Waals surface area contributed by atoms with Crippen molar-refractivity contribution in [3.63, 3.8) is 0 Å². The zero-order valence-corrected chi connectivity index (χ0v) is 14.7. The predicted molar refractivity (Wildman–Crippen MR) is 90.1 cm³/mol. The van der Waals surface area contributed by atoms with Gasteiger partial charge in [-0.15, -0.1) is 0 Å². The normalized spacial score (nSPS) is 23.4. The third-order valence-corrected chi connectivity index (χ3v) is 5.17. The molecule has 0 spiro atoms. The van der Waals surface area contributed by atoms with Crippen LogP contribution in [0.3, 0.4) is 0 Å². The molecule has 2 aromatic rings. The Morgan fingerprint density at radius 1 is 1.36 bits per heavy atom. The molecule has 0 bridgehead atoms. The number of nitrogens with zero attached hydrogens (tertiary/aromatic N) is 4. The largest absolute Gasteiger partial charge is 0.376 e. The lowest BCUT2D eigenvalue weighted by atomic mass is 10.0. The molecule has 0 unspecified atom stereocenters. The molecule has 3 heterocycles. The molecule has 1 amide bonds. The molecule has 2 atom stereocenters. The van der Waals surface area contributed by atoms with Crippen molar-refractivity contribution in [2.75, 3.05) is 13.2 Å². The first kappa shape index (κ1) is 16.3. The average Bonchev–Trinajstić information content (AvgIpc) is 2.97. The fourth-order valence-electron chi connectivity index (χ4n) is 3.54. The SMILES string of the molecule is Cc1oncc1C(=O)N1CC[C@@H](OCC2CC2)[C@@H]1Cc1cnn(C)c1. The highest BCUT2D eigenvalue weighted by atomic mass is 16.5. The van der Waals surface area contributed by atoms with Crippen LogP contribution in [0.4, 0.5) is 0 Å². The van der Waals surface area contributed by atoms with Gasteiger partial charge >= 0.3 is 0 Å². The van der Waals surface area contributed by atoms with Gasteiger partial charge in [-0.3, -0.25) is 9.48 Å². The number of aromatic nitrogens is 3. The van der Waals surface area contributed by atoms with Crippen LogP contribution in [0, 0.1) is 12.8 Å². The minimum absolute atomic E-state index is 0.0183. The highest BCUT2D eigenvalue weighted by molar-refractivity contribution is 5.95. The van der Waals surface area contributed by atoms with Gasteiger partial charge < -0.3 is 14.2 Å². The first-order valence-corrected chi connectivity index (χ1v) is 8.93. The van der Waals surface area contributed by atoms with Crippen LogP contribution in [-0.2, 0) is 18.2 Å². The van der Waals surface area contributed by atoms with Crippen molar-refractivity contribution in [1.82, 2.24) is 19.8 Å². The Morgan fingerprint density at radius 3 is 2.84 bits per heavy atom. The van der Waals surface area contributed by atoms with Gasteiger partial charge in [0.25, 0.3) is 5.91 Å². The van der Waals surface area contributed by atoms with Crippen molar-refractivity contribution in [2.45, 2.75) is 44.8 Å². The fraction of sp³-hybridized carbons (Fsp3) is 0.611. The molecule has 1 aliphatic heterocycles. The smallest absolute Gasteiger partial charge is 0.259 e. The Hall–Kier alpha value is -2.15. The summed E-state index contributed by atoms with van der Waals surface area (Å²) in [4.78, 5) is 14.9. The van der Waals surface area contributed by atoms with E-state index in [4.69, 9.17) is 9.26 Å². The minimum atomic E-state index is -0.0230. The first-order valence-electron chi connectivity index (χ1n) is 8.93. The van der Waals surface area contributed by atoms with Crippen LogP contribution >= 0.6 is 0 Å². The summed E-state index contributed by atoms with van der Waals surface area (Å²) in [6, 6.07) is 0.0183. The van der Waals surface area contributed by atoms with Crippen LogP contribution in [-0.4, -0.2) is 51.0 Å². The maximum Gasteiger partial charge on any atom is 0.259 e. The van der Waals surface area contributed by atoms with Crippen molar-refractivity contribution in [3.8, 4) is 0 Å². The summed E-state index contributed by atoms with van der Waals surface area (Å²) in [5.41, 5.74) is 1.66. The second-order valence-electron chi connectivity index (χ2n) is 7.19. The first-order chi connectivity index (χ1) is 12.1. The summed E-state index contributed by atoms with van der Waals surface area (Å²) in [7, 11) is 1.91. The molecule has 4 rings (SSSR count). The van der Waals surface area contributed by atoms with Gasteiger partial charge in [-0.1, -0.05) is 5.16 Å². The molecule has 1 saturated carbocycles. The molecule has 7 heteroatoms. The van der Waals surface area contributed by atoms with Gasteiger partial charge in [0.2, 0.25) is 0 Å². The van der Waals surface area contributed by atoms with Crippen LogP contribution in [0.25, 0.3) is 0 Å². The quantitative estimate of drug-likeness (QED) is 0.801. The van der Waals surface area contributed by atoms with E-state index in [1.807, 2.05) is 24.3 Å². The second-order valence-corrected chi connectivity index (χ2v) is 7.19. The van der Waals surface area contributed by atoms with Crippen molar-refractivity contribution in [1.29, 1.82) is 0 Å². The highest BCUT2D eigenvalue weighted by Gasteiger charge is 2.40. The zero-order valence-electron chi connectivity index (χ0n) is 14.7. The van der Waals surface area contributed by atoms with Crippen LogP contribution < -0.4 is 0 Å². The molecule has 2 aromatic heterocycles. The van der Waals surface area contributed by atoms with Gasteiger partial charge in [0.05, 0.1) is 24.5 Å². The van der Waals surface area contributed by atoms with Gasteiger partial charge in [-0.05, 0) is 44.1 Å². The number of ether oxygens (including phenoxy) is 1. The zero-order chi connectivity index (χ0) is 17.4. The average molecular weight is 344 g/mol. The third-order valence-electron chi connectivity index (χ3n) is 5.17. The number of rotatable bonds is 6. The second kappa shape index (κ2) is 6.63. The van der Waals surface area contributed by atoms with Crippen molar-refractivity contribution in [2.24, 2.45) is 13.0 Å². The van der Waals surface area contributed by atoms with E-state index in [0.29, 0.717) is 23.8 Å². The van der Waals surface area contributed by atoms with Crippen molar-refractivity contribution in [3.05, 3.63) is 35.5 Å². The molecule has 134 valence electrons. The van der Waals surface area contributed by atoms with E-state index in [2.05, 4.69) is 10.3 Å². The van der Waals surface area contributed by atoms with Gasteiger partial charge in [0, 0.05) is 26.4 Å². The summed E-state index contributed by atoms with van der Waals surface area (Å²) in [6.07, 6.45) is 9.60. The summed E-state index contributed by atoms with van der Waals surface area (Å²) < 4.78 is 13.1. The van der Waals surface area contributed by atoms with Gasteiger partial charge in [0.15, 0.2) is 0 Å². The molecule has 0 radical (unpaired) electrons. The molecule has 2 fully saturated rings. The summed E-state index contributed by atoms with van der Waals surface area (Å²) in [5, 5.41) is 8.00. The Balaban J connectivity index is 1.53. The maximum absolute atomic E-state index is 13.0. The van der Waals surface area contributed by atoms with Crippen LogP contribution in [0.2, 0.25) is 0 Å². The number of carbonyl (C=O) groups is 1. The highest BCUT2D eigenvalue weighted by Crippen LogP contribution is 2.32. The van der Waals surface area contributed by atoms with Gasteiger partial charge in [-0.2, -0.15) is 5.10 Å². The predicted octanol–water partition coefficient (Wildman–Crippen LogP) is 1.97. The number of amides is 1. The lowest BCUT2D eigenvalue weighted by molar-refractivity contribution is 0.0199.